The van der Waals surface area contributed by atoms with Gasteiger partial charge in [0.1, 0.15) is 17.4 Å². The maximum absolute atomic E-state index is 14.3. The van der Waals surface area contributed by atoms with E-state index in [2.05, 4.69) is 5.16 Å². The molecule has 4 rings (SSSR count). The summed E-state index contributed by atoms with van der Waals surface area (Å²) in [7, 11) is 0. The van der Waals surface area contributed by atoms with Crippen LogP contribution in [0.2, 0.25) is 0 Å². The van der Waals surface area contributed by atoms with Crippen molar-refractivity contribution in [1.29, 1.82) is 0 Å². The molecule has 1 aliphatic carbocycles. The molecule has 1 unspecified atom stereocenters. The summed E-state index contributed by atoms with van der Waals surface area (Å²) in [6, 6.07) is 4.97. The molecule has 2 aromatic rings. The first-order valence-electron chi connectivity index (χ1n) is 10.3. The molecule has 2 heterocycles. The maximum atomic E-state index is 14.3. The Balaban J connectivity index is 1.58. The van der Waals surface area contributed by atoms with Gasteiger partial charge in [0.25, 0.3) is 5.91 Å². The Bertz CT molecular complexity index is 956. The Labute approximate surface area is 173 Å². The molecule has 0 radical (unpaired) electrons. The Hall–Kier alpha value is -2.77. The summed E-state index contributed by atoms with van der Waals surface area (Å²) in [4.78, 5) is 27.5. The van der Waals surface area contributed by atoms with Gasteiger partial charge in [-0.25, -0.2) is 8.78 Å². The average Bonchev–Trinajstić information content (AvgIpc) is 3.47. The fourth-order valence-electron chi connectivity index (χ4n) is 4.11. The first-order valence-corrected chi connectivity index (χ1v) is 10.3. The van der Waals surface area contributed by atoms with Gasteiger partial charge >= 0.3 is 5.97 Å². The van der Waals surface area contributed by atoms with Gasteiger partial charge in [0.15, 0.2) is 5.69 Å². The van der Waals surface area contributed by atoms with Crippen molar-refractivity contribution < 1.29 is 27.6 Å². The van der Waals surface area contributed by atoms with Gasteiger partial charge in [0, 0.05) is 31.1 Å². The molecular weight excluding hydrogens is 394 g/mol. The van der Waals surface area contributed by atoms with Crippen molar-refractivity contribution in [1.82, 2.24) is 10.1 Å². The van der Waals surface area contributed by atoms with E-state index in [9.17, 15) is 18.4 Å². The van der Waals surface area contributed by atoms with Crippen LogP contribution in [0.25, 0.3) is 0 Å². The van der Waals surface area contributed by atoms with Crippen LogP contribution in [0.1, 0.15) is 60.3 Å². The van der Waals surface area contributed by atoms with Crippen LogP contribution in [-0.4, -0.2) is 41.6 Å². The number of esters is 1. The van der Waals surface area contributed by atoms with Gasteiger partial charge in [-0.2, -0.15) is 0 Å². The second-order valence-corrected chi connectivity index (χ2v) is 8.13. The van der Waals surface area contributed by atoms with Gasteiger partial charge in [-0.1, -0.05) is 11.2 Å². The zero-order valence-corrected chi connectivity index (χ0v) is 16.8. The molecule has 1 aromatic carbocycles. The van der Waals surface area contributed by atoms with Gasteiger partial charge in [-0.15, -0.1) is 0 Å². The van der Waals surface area contributed by atoms with Crippen LogP contribution in [0.5, 0.6) is 0 Å². The Morgan fingerprint density at radius 2 is 2.10 bits per heavy atom. The molecule has 30 heavy (non-hydrogen) atoms. The largest absolute Gasteiger partial charge is 0.466 e. The van der Waals surface area contributed by atoms with Crippen molar-refractivity contribution in [2.75, 3.05) is 19.7 Å². The third-order valence-corrected chi connectivity index (χ3v) is 5.84. The first-order chi connectivity index (χ1) is 14.4. The van der Waals surface area contributed by atoms with E-state index in [1.54, 1.807) is 17.9 Å². The highest BCUT2D eigenvalue weighted by atomic mass is 19.1. The molecule has 1 saturated carbocycles. The Kier molecular flexibility index (Phi) is 5.58. The number of piperidine rings is 1. The lowest BCUT2D eigenvalue weighted by atomic mass is 9.74. The summed E-state index contributed by atoms with van der Waals surface area (Å²) >= 11 is 0. The van der Waals surface area contributed by atoms with Crippen LogP contribution in [-0.2, 0) is 16.0 Å². The van der Waals surface area contributed by atoms with Crippen LogP contribution < -0.4 is 0 Å². The molecule has 1 aliphatic heterocycles. The van der Waals surface area contributed by atoms with Crippen LogP contribution >= 0.6 is 0 Å². The lowest BCUT2D eigenvalue weighted by molar-refractivity contribution is -0.158. The number of halogens is 2. The molecule has 160 valence electrons. The van der Waals surface area contributed by atoms with Crippen molar-refractivity contribution >= 4 is 11.9 Å². The van der Waals surface area contributed by atoms with E-state index >= 15 is 0 Å². The van der Waals surface area contributed by atoms with E-state index in [0.29, 0.717) is 31.1 Å². The van der Waals surface area contributed by atoms with Gasteiger partial charge in [-0.05, 0) is 50.7 Å². The van der Waals surface area contributed by atoms with Crippen molar-refractivity contribution in [2.24, 2.45) is 5.41 Å². The number of carbonyl (C=O) groups is 2. The zero-order valence-electron chi connectivity index (χ0n) is 16.8. The minimum atomic E-state index is -1.11. The number of likely N-dealkylation sites (tertiary alicyclic amines) is 1. The maximum Gasteiger partial charge on any atom is 0.314 e. The molecule has 0 N–H and O–H groups in total. The molecule has 6 nitrogen and oxygen atoms in total. The number of carbonyl (C=O) groups excluding carboxylic acids is 2. The summed E-state index contributed by atoms with van der Waals surface area (Å²) in [6.45, 7) is 2.41. The van der Waals surface area contributed by atoms with Crippen LogP contribution in [0.3, 0.4) is 0 Å². The van der Waals surface area contributed by atoms with E-state index in [4.69, 9.17) is 9.26 Å². The summed E-state index contributed by atoms with van der Waals surface area (Å²) < 4.78 is 38.2. The van der Waals surface area contributed by atoms with Crippen molar-refractivity contribution in [3.05, 3.63) is 52.9 Å². The van der Waals surface area contributed by atoms with Crippen molar-refractivity contribution in [3.63, 3.8) is 0 Å². The summed E-state index contributed by atoms with van der Waals surface area (Å²) in [6.07, 6.45) is 3.08. The van der Waals surface area contributed by atoms with Crippen LogP contribution in [0, 0.1) is 17.0 Å². The smallest absolute Gasteiger partial charge is 0.314 e. The van der Waals surface area contributed by atoms with Crippen molar-refractivity contribution in [2.45, 2.75) is 44.9 Å². The second kappa shape index (κ2) is 8.16. The fourth-order valence-corrected chi connectivity index (χ4v) is 4.11. The van der Waals surface area contributed by atoms with Gasteiger partial charge in [0.05, 0.1) is 12.0 Å². The number of ether oxygens (including phenoxy) is 1. The van der Waals surface area contributed by atoms with Crippen LogP contribution in [0.4, 0.5) is 8.78 Å². The average molecular weight is 418 g/mol. The molecule has 1 atom stereocenters. The third-order valence-electron chi connectivity index (χ3n) is 5.84. The number of amides is 1. The van der Waals surface area contributed by atoms with Crippen LogP contribution in [0.15, 0.2) is 28.8 Å². The number of aromatic nitrogens is 1. The molecule has 0 spiro atoms. The minimum absolute atomic E-state index is 0.0217. The standard InChI is InChI=1S/C22H24F2N2O4/c1-2-29-21(28)22(12-15-6-7-16(23)10-17(15)24)8-3-9-26(13-22)20(27)18-11-19(30-25-18)14-4-5-14/h6-7,10-11,14H,2-5,8-9,12-13H2,1H3. The second-order valence-electron chi connectivity index (χ2n) is 8.13. The van der Waals surface area contributed by atoms with Crippen molar-refractivity contribution in [3.8, 4) is 0 Å². The molecule has 2 fully saturated rings. The monoisotopic (exact) mass is 418 g/mol. The van der Waals surface area contributed by atoms with E-state index < -0.39 is 23.0 Å². The number of hydrogen-bond donors (Lipinski definition) is 0. The van der Waals surface area contributed by atoms with Gasteiger partial charge in [0.2, 0.25) is 0 Å². The number of hydrogen-bond acceptors (Lipinski definition) is 5. The molecule has 8 heteroatoms. The number of benzene rings is 1. The summed E-state index contributed by atoms with van der Waals surface area (Å²) in [5.41, 5.74) is -0.674. The number of rotatable bonds is 6. The van der Waals surface area contributed by atoms with E-state index in [1.807, 2.05) is 0 Å². The third kappa shape index (κ3) is 4.08. The Morgan fingerprint density at radius 1 is 1.30 bits per heavy atom. The highest BCUT2D eigenvalue weighted by molar-refractivity contribution is 5.93. The van der Waals surface area contributed by atoms with E-state index in [-0.39, 0.29) is 36.7 Å². The minimum Gasteiger partial charge on any atom is -0.466 e. The zero-order chi connectivity index (χ0) is 21.3. The van der Waals surface area contributed by atoms with E-state index in [1.165, 1.54) is 6.07 Å². The summed E-state index contributed by atoms with van der Waals surface area (Å²) in [5, 5.41) is 3.91. The fraction of sp³-hybridized carbons (Fsp3) is 0.500. The topological polar surface area (TPSA) is 72.6 Å². The van der Waals surface area contributed by atoms with Gasteiger partial charge < -0.3 is 14.2 Å². The normalized spacial score (nSPS) is 21.5. The molecule has 1 saturated heterocycles. The Morgan fingerprint density at radius 3 is 2.80 bits per heavy atom. The van der Waals surface area contributed by atoms with E-state index in [0.717, 1.165) is 25.0 Å². The highest BCUT2D eigenvalue weighted by Crippen LogP contribution is 2.41. The number of nitrogens with zero attached hydrogens (tertiary/aromatic N) is 2. The molecule has 2 aliphatic rings. The SMILES string of the molecule is CCOC(=O)C1(Cc2ccc(F)cc2F)CCCN(C(=O)c2cc(C3CC3)on2)C1. The van der Waals surface area contributed by atoms with Gasteiger partial charge in [-0.3, -0.25) is 9.59 Å². The molecule has 0 bridgehead atoms. The molecule has 1 amide bonds. The predicted octanol–water partition coefficient (Wildman–Crippen LogP) is 3.86. The molecular formula is C22H24F2N2O4. The first kappa shape index (κ1) is 20.5. The predicted molar refractivity (Wildman–Crippen MR) is 103 cm³/mol. The molecule has 1 aromatic heterocycles. The highest BCUT2D eigenvalue weighted by Gasteiger charge is 2.46. The quantitative estimate of drug-likeness (QED) is 0.666. The summed E-state index contributed by atoms with van der Waals surface area (Å²) in [5.74, 6) is -1.16. The lowest BCUT2D eigenvalue weighted by Gasteiger charge is -2.40. The lowest BCUT2D eigenvalue weighted by Crippen LogP contribution is -2.51.